The summed E-state index contributed by atoms with van der Waals surface area (Å²) in [6.45, 7) is 1.64. The van der Waals surface area contributed by atoms with Gasteiger partial charge in [0.05, 0.1) is 20.7 Å². The molecule has 1 N–H and O–H groups in total. The minimum absolute atomic E-state index is 0.000204. The Balaban J connectivity index is 1.63. The van der Waals surface area contributed by atoms with Crippen molar-refractivity contribution in [1.29, 1.82) is 0 Å². The van der Waals surface area contributed by atoms with Crippen LogP contribution in [0.5, 0.6) is 0 Å². The van der Waals surface area contributed by atoms with E-state index in [1.165, 1.54) is 0 Å². The average molecular weight is 398 g/mol. The van der Waals surface area contributed by atoms with Crippen molar-refractivity contribution in [2.45, 2.75) is 6.92 Å². The van der Waals surface area contributed by atoms with Crippen molar-refractivity contribution in [3.63, 3.8) is 0 Å². The van der Waals surface area contributed by atoms with E-state index in [2.05, 4.69) is 5.32 Å². The number of ether oxygens (including phenoxy) is 1. The number of carbonyl (C=O) groups excluding carboxylic acids is 3. The fourth-order valence-corrected chi connectivity index (χ4v) is 3.36. The molecule has 0 aliphatic carbocycles. The fourth-order valence-electron chi connectivity index (χ4n) is 1.78. The molecule has 0 atom stereocenters. The summed E-state index contributed by atoms with van der Waals surface area (Å²) in [5.41, 5.74) is 1.81. The van der Waals surface area contributed by atoms with Crippen LogP contribution in [0.3, 0.4) is 0 Å². The van der Waals surface area contributed by atoms with Gasteiger partial charge >= 0.3 is 5.97 Å². The molecule has 8 heteroatoms. The molecule has 1 heterocycles. The first-order valence-electron chi connectivity index (χ1n) is 7.32. The Kier molecular flexibility index (Phi) is 7.49. The van der Waals surface area contributed by atoms with E-state index in [4.69, 9.17) is 16.3 Å². The molecule has 0 saturated heterocycles. The topological polar surface area (TPSA) is 72.5 Å². The number of amides is 1. The van der Waals surface area contributed by atoms with E-state index in [9.17, 15) is 14.4 Å². The van der Waals surface area contributed by atoms with E-state index < -0.39 is 5.97 Å². The van der Waals surface area contributed by atoms with Crippen LogP contribution in [0.1, 0.15) is 15.2 Å². The summed E-state index contributed by atoms with van der Waals surface area (Å²) in [5.74, 6) is -0.917. The third kappa shape index (κ3) is 6.89. The molecule has 0 fully saturated rings. The smallest absolute Gasteiger partial charge is 0.316 e. The molecule has 0 radical (unpaired) electrons. The van der Waals surface area contributed by atoms with Gasteiger partial charge in [0, 0.05) is 5.69 Å². The predicted molar refractivity (Wildman–Crippen MR) is 102 cm³/mol. The molecule has 1 aromatic carbocycles. The van der Waals surface area contributed by atoms with Gasteiger partial charge in [-0.25, -0.2) is 0 Å². The molecule has 2 rings (SSSR count). The fraction of sp³-hybridized carbons (Fsp3) is 0.235. The molecule has 0 aliphatic rings. The monoisotopic (exact) mass is 397 g/mol. The molecule has 0 saturated carbocycles. The molecule has 25 heavy (non-hydrogen) atoms. The number of esters is 1. The Morgan fingerprint density at radius 1 is 1.12 bits per heavy atom. The number of benzene rings is 1. The van der Waals surface area contributed by atoms with Crippen LogP contribution in [0.2, 0.25) is 4.34 Å². The first-order chi connectivity index (χ1) is 11.9. The lowest BCUT2D eigenvalue weighted by Gasteiger charge is -2.06. The standard InChI is InChI=1S/C17H16ClNO4S2/c1-11-2-4-12(5-3-11)19-16(21)9-24-10-17(22)23-8-13(20)14-6-7-15(18)25-14/h2-7H,8-10H2,1H3,(H,19,21). The quantitative estimate of drug-likeness (QED) is 0.541. The summed E-state index contributed by atoms with van der Waals surface area (Å²) in [7, 11) is 0. The Morgan fingerprint density at radius 3 is 2.48 bits per heavy atom. The summed E-state index contributed by atoms with van der Waals surface area (Å²) >= 11 is 8.01. The largest absolute Gasteiger partial charge is 0.457 e. The number of nitrogens with one attached hydrogen (secondary N) is 1. The molecular formula is C17H16ClNO4S2. The second kappa shape index (κ2) is 9.60. The average Bonchev–Trinajstić information content (AvgIpc) is 3.01. The number of thioether (sulfide) groups is 1. The number of aryl methyl sites for hydroxylation is 1. The number of Topliss-reactive ketones (excluding diaryl/α,β-unsaturated/α-hetero) is 1. The maximum Gasteiger partial charge on any atom is 0.316 e. The number of anilines is 1. The van der Waals surface area contributed by atoms with E-state index in [1.807, 2.05) is 31.2 Å². The third-order valence-electron chi connectivity index (χ3n) is 3.00. The van der Waals surface area contributed by atoms with Crippen molar-refractivity contribution in [2.75, 3.05) is 23.4 Å². The van der Waals surface area contributed by atoms with E-state index >= 15 is 0 Å². The number of carbonyl (C=O) groups is 3. The molecule has 0 bridgehead atoms. The minimum atomic E-state index is -0.538. The van der Waals surface area contributed by atoms with E-state index in [0.717, 1.165) is 28.7 Å². The number of hydrogen-bond acceptors (Lipinski definition) is 6. The van der Waals surface area contributed by atoms with Gasteiger partial charge in [0.1, 0.15) is 0 Å². The van der Waals surface area contributed by atoms with Crippen molar-refractivity contribution in [3.8, 4) is 0 Å². The van der Waals surface area contributed by atoms with Crippen molar-refractivity contribution in [1.82, 2.24) is 0 Å². The summed E-state index contributed by atoms with van der Waals surface area (Å²) in [6, 6.07) is 10.6. The van der Waals surface area contributed by atoms with Crippen LogP contribution in [-0.2, 0) is 14.3 Å². The normalized spacial score (nSPS) is 10.3. The van der Waals surface area contributed by atoms with Crippen LogP contribution in [0.4, 0.5) is 5.69 Å². The molecule has 2 aromatic rings. The SMILES string of the molecule is Cc1ccc(NC(=O)CSCC(=O)OCC(=O)c2ccc(Cl)s2)cc1. The predicted octanol–water partition coefficient (Wildman–Crippen LogP) is 3.81. The molecule has 0 unspecified atom stereocenters. The minimum Gasteiger partial charge on any atom is -0.457 e. The zero-order chi connectivity index (χ0) is 18.2. The van der Waals surface area contributed by atoms with Crippen LogP contribution in [-0.4, -0.2) is 35.8 Å². The van der Waals surface area contributed by atoms with Gasteiger partial charge in [-0.2, -0.15) is 0 Å². The highest BCUT2D eigenvalue weighted by Crippen LogP contribution is 2.21. The van der Waals surface area contributed by atoms with Crippen molar-refractivity contribution >= 4 is 58.0 Å². The summed E-state index contributed by atoms with van der Waals surface area (Å²) in [6.07, 6.45) is 0. The van der Waals surface area contributed by atoms with Gasteiger partial charge in [0.25, 0.3) is 0 Å². The number of ketones is 1. The highest BCUT2D eigenvalue weighted by atomic mass is 35.5. The van der Waals surface area contributed by atoms with Crippen LogP contribution in [0.15, 0.2) is 36.4 Å². The zero-order valence-corrected chi connectivity index (χ0v) is 15.8. The number of rotatable bonds is 8. The van der Waals surface area contributed by atoms with Gasteiger partial charge in [-0.15, -0.1) is 23.1 Å². The molecule has 5 nitrogen and oxygen atoms in total. The van der Waals surface area contributed by atoms with Gasteiger partial charge in [-0.1, -0.05) is 29.3 Å². The number of halogens is 1. The van der Waals surface area contributed by atoms with Gasteiger partial charge in [-0.05, 0) is 31.2 Å². The Labute approximate surface area is 158 Å². The lowest BCUT2D eigenvalue weighted by Crippen LogP contribution is -2.18. The highest BCUT2D eigenvalue weighted by molar-refractivity contribution is 8.00. The summed E-state index contributed by atoms with van der Waals surface area (Å²) in [5, 5.41) is 2.74. The van der Waals surface area contributed by atoms with E-state index in [1.54, 1.807) is 12.1 Å². The van der Waals surface area contributed by atoms with E-state index in [0.29, 0.717) is 14.9 Å². The van der Waals surface area contributed by atoms with Crippen molar-refractivity contribution in [2.24, 2.45) is 0 Å². The first kappa shape index (κ1) is 19.5. The lowest BCUT2D eigenvalue weighted by atomic mass is 10.2. The van der Waals surface area contributed by atoms with Crippen LogP contribution < -0.4 is 5.32 Å². The lowest BCUT2D eigenvalue weighted by molar-refractivity contribution is -0.139. The first-order valence-corrected chi connectivity index (χ1v) is 9.67. The van der Waals surface area contributed by atoms with Gasteiger partial charge in [0.2, 0.25) is 11.7 Å². The molecule has 1 amide bonds. The Hall–Kier alpha value is -1.83. The maximum atomic E-state index is 11.8. The van der Waals surface area contributed by atoms with Crippen molar-refractivity contribution in [3.05, 3.63) is 51.2 Å². The Morgan fingerprint density at radius 2 is 1.84 bits per heavy atom. The maximum absolute atomic E-state index is 11.8. The molecule has 1 aromatic heterocycles. The van der Waals surface area contributed by atoms with Crippen LogP contribution in [0, 0.1) is 6.92 Å². The molecule has 132 valence electrons. The zero-order valence-electron chi connectivity index (χ0n) is 13.4. The number of hydrogen-bond donors (Lipinski definition) is 1. The second-order valence-electron chi connectivity index (χ2n) is 5.09. The van der Waals surface area contributed by atoms with Gasteiger partial charge in [-0.3, -0.25) is 14.4 Å². The van der Waals surface area contributed by atoms with Crippen LogP contribution in [0.25, 0.3) is 0 Å². The van der Waals surface area contributed by atoms with Crippen LogP contribution >= 0.6 is 34.7 Å². The molecular weight excluding hydrogens is 382 g/mol. The van der Waals surface area contributed by atoms with E-state index in [-0.39, 0.29) is 29.8 Å². The van der Waals surface area contributed by atoms with Gasteiger partial charge in [0.15, 0.2) is 6.61 Å². The number of thiophene rings is 1. The summed E-state index contributed by atoms with van der Waals surface area (Å²) in [4.78, 5) is 35.6. The Bertz CT molecular complexity index is 758. The van der Waals surface area contributed by atoms with Gasteiger partial charge < -0.3 is 10.1 Å². The highest BCUT2D eigenvalue weighted by Gasteiger charge is 2.13. The molecule has 0 aliphatic heterocycles. The van der Waals surface area contributed by atoms with Crippen molar-refractivity contribution < 1.29 is 19.1 Å². The molecule has 0 spiro atoms. The third-order valence-corrected chi connectivity index (χ3v) is 5.18. The second-order valence-corrected chi connectivity index (χ2v) is 7.80. The summed E-state index contributed by atoms with van der Waals surface area (Å²) < 4.78 is 5.41.